The van der Waals surface area contributed by atoms with Crippen molar-refractivity contribution in [2.24, 2.45) is 28.8 Å². The van der Waals surface area contributed by atoms with Crippen LogP contribution in [0.4, 0.5) is 4.39 Å². The summed E-state index contributed by atoms with van der Waals surface area (Å²) in [4.78, 5) is 25.7. The minimum Gasteiger partial charge on any atom is -0.490 e. The van der Waals surface area contributed by atoms with Crippen molar-refractivity contribution in [3.8, 4) is 11.5 Å². The van der Waals surface area contributed by atoms with Gasteiger partial charge in [0.25, 0.3) is 11.8 Å². The predicted molar refractivity (Wildman–Crippen MR) is 128 cm³/mol. The molecule has 2 aliphatic carbocycles. The van der Waals surface area contributed by atoms with E-state index in [1.54, 1.807) is 24.3 Å². The number of benzene rings is 2. The van der Waals surface area contributed by atoms with Crippen LogP contribution < -0.4 is 9.47 Å². The lowest BCUT2D eigenvalue weighted by atomic mass is 9.85. The van der Waals surface area contributed by atoms with Gasteiger partial charge in [0.05, 0.1) is 28.2 Å². The summed E-state index contributed by atoms with van der Waals surface area (Å²) in [5, 5.41) is 5.27. The SMILES string of the molecule is CCOc1cc(C=NN2C(=O)[C@@H]3[C@H](C2=O)[C@H]2C=C[C@H]3C2)cc(I)c1OCc1ccccc1F. The molecular formula is C25H22FIN2O4. The number of halogens is 2. The van der Waals surface area contributed by atoms with E-state index in [4.69, 9.17) is 9.47 Å². The van der Waals surface area contributed by atoms with Gasteiger partial charge in [-0.15, -0.1) is 0 Å². The maximum absolute atomic E-state index is 14.0. The van der Waals surface area contributed by atoms with E-state index in [9.17, 15) is 14.0 Å². The first kappa shape index (κ1) is 22.1. The second kappa shape index (κ2) is 8.89. The van der Waals surface area contributed by atoms with Gasteiger partial charge in [0.15, 0.2) is 11.5 Å². The monoisotopic (exact) mass is 560 g/mol. The summed E-state index contributed by atoms with van der Waals surface area (Å²) in [6.07, 6.45) is 6.49. The highest BCUT2D eigenvalue weighted by Gasteiger charge is 2.59. The zero-order valence-electron chi connectivity index (χ0n) is 17.9. The molecule has 5 rings (SSSR count). The normalized spacial score (nSPS) is 25.4. The van der Waals surface area contributed by atoms with Crippen molar-refractivity contribution in [1.29, 1.82) is 0 Å². The van der Waals surface area contributed by atoms with Crippen LogP contribution in [0.3, 0.4) is 0 Å². The fourth-order valence-electron chi connectivity index (χ4n) is 4.96. The second-order valence-electron chi connectivity index (χ2n) is 8.38. The van der Waals surface area contributed by atoms with Crippen molar-refractivity contribution < 1.29 is 23.5 Å². The molecule has 6 nitrogen and oxygen atoms in total. The lowest BCUT2D eigenvalue weighted by Crippen LogP contribution is -2.28. The largest absolute Gasteiger partial charge is 0.490 e. The van der Waals surface area contributed by atoms with E-state index in [1.807, 2.05) is 13.0 Å². The Labute approximate surface area is 204 Å². The van der Waals surface area contributed by atoms with Crippen LogP contribution in [0, 0.1) is 33.1 Å². The third kappa shape index (κ3) is 3.94. The molecule has 1 aliphatic heterocycles. The summed E-state index contributed by atoms with van der Waals surface area (Å²) in [5.41, 5.74) is 1.11. The number of fused-ring (bicyclic) bond motifs is 5. The van der Waals surface area contributed by atoms with Crippen LogP contribution in [0.5, 0.6) is 11.5 Å². The number of imide groups is 1. The molecule has 2 aromatic rings. The van der Waals surface area contributed by atoms with Crippen LogP contribution in [0.1, 0.15) is 24.5 Å². The third-order valence-electron chi connectivity index (χ3n) is 6.43. The smallest absolute Gasteiger partial charge is 0.254 e. The molecule has 3 aliphatic rings. The van der Waals surface area contributed by atoms with Gasteiger partial charge in [-0.25, -0.2) is 4.39 Å². The first-order chi connectivity index (χ1) is 16.0. The fraction of sp³-hybridized carbons (Fsp3) is 0.320. The zero-order valence-corrected chi connectivity index (χ0v) is 20.1. The minimum absolute atomic E-state index is 0.0616. The first-order valence-electron chi connectivity index (χ1n) is 10.9. The molecule has 1 saturated heterocycles. The van der Waals surface area contributed by atoms with E-state index < -0.39 is 0 Å². The van der Waals surface area contributed by atoms with Crippen molar-refractivity contribution in [3.63, 3.8) is 0 Å². The van der Waals surface area contributed by atoms with E-state index >= 15 is 0 Å². The molecule has 0 N–H and O–H groups in total. The average molecular weight is 560 g/mol. The van der Waals surface area contributed by atoms with Crippen LogP contribution in [-0.4, -0.2) is 29.6 Å². The molecule has 33 heavy (non-hydrogen) atoms. The minimum atomic E-state index is -0.331. The molecule has 0 unspecified atom stereocenters. The Morgan fingerprint density at radius 3 is 2.48 bits per heavy atom. The molecule has 0 radical (unpaired) electrons. The molecule has 1 heterocycles. The number of hydrogen-bond donors (Lipinski definition) is 0. The summed E-state index contributed by atoms with van der Waals surface area (Å²) >= 11 is 2.12. The Morgan fingerprint density at radius 2 is 1.82 bits per heavy atom. The van der Waals surface area contributed by atoms with Crippen LogP contribution >= 0.6 is 22.6 Å². The highest BCUT2D eigenvalue weighted by atomic mass is 127. The molecule has 1 saturated carbocycles. The summed E-state index contributed by atoms with van der Waals surface area (Å²) in [6.45, 7) is 2.33. The lowest BCUT2D eigenvalue weighted by molar-refractivity contribution is -0.140. The zero-order chi connectivity index (χ0) is 23.1. The predicted octanol–water partition coefficient (Wildman–Crippen LogP) is 4.55. The van der Waals surface area contributed by atoms with Crippen molar-refractivity contribution in [3.05, 3.63) is 69.1 Å². The Morgan fingerprint density at radius 1 is 1.12 bits per heavy atom. The number of nitrogens with zero attached hydrogens (tertiary/aromatic N) is 2. The molecule has 2 fully saturated rings. The molecule has 0 spiro atoms. The summed E-state index contributed by atoms with van der Waals surface area (Å²) in [6, 6.07) is 10.0. The maximum atomic E-state index is 14.0. The van der Waals surface area contributed by atoms with Crippen LogP contribution in [0.15, 0.2) is 53.7 Å². The summed E-state index contributed by atoms with van der Waals surface area (Å²) < 4.78 is 26.3. The number of carbonyl (C=O) groups excluding carboxylic acids is 2. The van der Waals surface area contributed by atoms with Gasteiger partial charge in [-0.05, 0) is 71.5 Å². The van der Waals surface area contributed by atoms with Crippen molar-refractivity contribution in [2.75, 3.05) is 6.61 Å². The van der Waals surface area contributed by atoms with Crippen LogP contribution in [0.2, 0.25) is 0 Å². The number of ether oxygens (including phenoxy) is 2. The highest BCUT2D eigenvalue weighted by Crippen LogP contribution is 2.52. The van der Waals surface area contributed by atoms with E-state index in [0.29, 0.717) is 29.2 Å². The highest BCUT2D eigenvalue weighted by molar-refractivity contribution is 14.1. The third-order valence-corrected chi connectivity index (χ3v) is 7.23. The summed E-state index contributed by atoms with van der Waals surface area (Å²) in [5.74, 6) is -0.0476. The molecule has 2 bridgehead atoms. The van der Waals surface area contributed by atoms with Gasteiger partial charge in [0.1, 0.15) is 12.4 Å². The Balaban J connectivity index is 1.36. The number of amides is 2. The van der Waals surface area contributed by atoms with Crippen molar-refractivity contribution >= 4 is 40.6 Å². The van der Waals surface area contributed by atoms with E-state index in [2.05, 4.69) is 39.8 Å². The maximum Gasteiger partial charge on any atom is 0.254 e. The lowest BCUT2D eigenvalue weighted by Gasteiger charge is -2.15. The van der Waals surface area contributed by atoms with E-state index in [1.165, 1.54) is 12.3 Å². The van der Waals surface area contributed by atoms with Gasteiger partial charge < -0.3 is 9.47 Å². The molecule has 4 atom stereocenters. The van der Waals surface area contributed by atoms with E-state index in [0.717, 1.165) is 15.0 Å². The van der Waals surface area contributed by atoms with Crippen LogP contribution in [0.25, 0.3) is 0 Å². The molecule has 170 valence electrons. The first-order valence-corrected chi connectivity index (χ1v) is 12.0. The summed E-state index contributed by atoms with van der Waals surface area (Å²) in [7, 11) is 0. The number of hydrazone groups is 1. The van der Waals surface area contributed by atoms with Gasteiger partial charge in [-0.1, -0.05) is 30.4 Å². The van der Waals surface area contributed by atoms with Gasteiger partial charge >= 0.3 is 0 Å². The number of allylic oxidation sites excluding steroid dienone is 2. The fourth-order valence-corrected chi connectivity index (χ4v) is 5.74. The van der Waals surface area contributed by atoms with Gasteiger partial charge in [-0.3, -0.25) is 9.59 Å². The van der Waals surface area contributed by atoms with Crippen molar-refractivity contribution in [2.45, 2.75) is 20.0 Å². The Hall–Kier alpha value is -2.75. The van der Waals surface area contributed by atoms with Gasteiger partial charge in [-0.2, -0.15) is 10.1 Å². The van der Waals surface area contributed by atoms with E-state index in [-0.39, 0.29) is 47.9 Å². The average Bonchev–Trinajstić information content (AvgIpc) is 3.47. The Kier molecular flexibility index (Phi) is 5.94. The number of rotatable bonds is 7. The molecular weight excluding hydrogens is 538 g/mol. The number of carbonyl (C=O) groups is 2. The molecule has 2 amide bonds. The number of hydrogen-bond acceptors (Lipinski definition) is 5. The molecule has 0 aromatic heterocycles. The molecule has 2 aromatic carbocycles. The van der Waals surface area contributed by atoms with Gasteiger partial charge in [0.2, 0.25) is 0 Å². The van der Waals surface area contributed by atoms with Crippen molar-refractivity contribution in [1.82, 2.24) is 5.01 Å². The van der Waals surface area contributed by atoms with Crippen LogP contribution in [-0.2, 0) is 16.2 Å². The quantitative estimate of drug-likeness (QED) is 0.216. The Bertz CT molecular complexity index is 1150. The topological polar surface area (TPSA) is 68.2 Å². The standard InChI is InChI=1S/C25H22FIN2O4/c1-2-32-20-10-14(9-19(27)23(20)33-13-17-5-3-4-6-18(17)26)12-28-29-24(30)21-15-7-8-16(11-15)22(21)25(29)31/h3-10,12,15-16,21-22H,2,11,13H2,1H3/t15-,16-,21-,22+/m0/s1. The molecule has 8 heteroatoms. The van der Waals surface area contributed by atoms with Gasteiger partial charge in [0, 0.05) is 5.56 Å². The second-order valence-corrected chi connectivity index (χ2v) is 9.54.